The third-order valence-electron chi connectivity index (χ3n) is 3.82. The Morgan fingerprint density at radius 1 is 1.00 bits per heavy atom. The molecule has 0 aliphatic carbocycles. The predicted molar refractivity (Wildman–Crippen MR) is 92.6 cm³/mol. The quantitative estimate of drug-likeness (QED) is 0.777. The van der Waals surface area contributed by atoms with Crippen LogP contribution in [-0.4, -0.2) is 24.9 Å². The molecule has 0 heterocycles. The van der Waals surface area contributed by atoms with Crippen LogP contribution >= 0.6 is 0 Å². The van der Waals surface area contributed by atoms with Gasteiger partial charge in [0.05, 0.1) is 12.0 Å². The predicted octanol–water partition coefficient (Wildman–Crippen LogP) is 3.56. The van der Waals surface area contributed by atoms with E-state index in [0.29, 0.717) is 11.3 Å². The van der Waals surface area contributed by atoms with Crippen LogP contribution < -0.4 is 10.2 Å². The van der Waals surface area contributed by atoms with Gasteiger partial charge in [0.15, 0.2) is 0 Å². The third-order valence-corrected chi connectivity index (χ3v) is 3.82. The summed E-state index contributed by atoms with van der Waals surface area (Å²) in [5, 5.41) is 2.63. The first-order valence-corrected chi connectivity index (χ1v) is 8.13. The molecule has 2 rings (SSSR count). The first kappa shape index (κ1) is 20.4. The summed E-state index contributed by atoms with van der Waals surface area (Å²) < 4.78 is 50.7. The molecule has 1 N–H and O–H groups in total. The van der Waals surface area contributed by atoms with Crippen molar-refractivity contribution in [2.75, 3.05) is 18.0 Å². The Balaban J connectivity index is 1.91. The fourth-order valence-corrected chi connectivity index (χ4v) is 2.46. The maximum absolute atomic E-state index is 12.8. The lowest BCUT2D eigenvalue weighted by atomic mass is 10.1. The molecule has 2 aromatic rings. The zero-order chi connectivity index (χ0) is 20.0. The molecule has 0 radical (unpaired) electrons. The molecule has 0 aliphatic rings. The molecule has 2 aromatic carbocycles. The average molecular weight is 382 g/mol. The molecule has 0 saturated carbocycles. The highest BCUT2D eigenvalue weighted by molar-refractivity contribution is 5.91. The Bertz CT molecular complexity index is 787. The second-order valence-electron chi connectivity index (χ2n) is 5.87. The molecule has 0 aliphatic heterocycles. The Kier molecular flexibility index (Phi) is 6.55. The summed E-state index contributed by atoms with van der Waals surface area (Å²) in [6.45, 7) is 1.52. The minimum atomic E-state index is -4.45. The Morgan fingerprint density at radius 3 is 2.11 bits per heavy atom. The topological polar surface area (TPSA) is 49.4 Å². The van der Waals surface area contributed by atoms with Crippen molar-refractivity contribution in [3.63, 3.8) is 0 Å². The van der Waals surface area contributed by atoms with Crippen LogP contribution in [0.2, 0.25) is 0 Å². The van der Waals surface area contributed by atoms with Crippen molar-refractivity contribution in [1.82, 2.24) is 5.32 Å². The van der Waals surface area contributed by atoms with Crippen molar-refractivity contribution in [3.8, 4) is 0 Å². The van der Waals surface area contributed by atoms with Crippen molar-refractivity contribution < 1.29 is 27.2 Å². The number of benzene rings is 2. The number of amides is 2. The standard InChI is InChI=1S/C19H18F4N2O2/c1-13(26)25(17-8-4-15(5-9-17)19(21,22)23)11-10-24-18(27)12-14-2-6-16(20)7-3-14/h2-9H,10-12H2,1H3,(H,24,27). The molecule has 8 heteroatoms. The zero-order valence-electron chi connectivity index (χ0n) is 14.5. The van der Waals surface area contributed by atoms with E-state index in [1.807, 2.05) is 0 Å². The highest BCUT2D eigenvalue weighted by atomic mass is 19.4. The van der Waals surface area contributed by atoms with Crippen LogP contribution in [0.25, 0.3) is 0 Å². The Morgan fingerprint density at radius 2 is 1.59 bits per heavy atom. The molecule has 0 saturated heterocycles. The normalized spacial score (nSPS) is 11.1. The number of anilines is 1. The number of halogens is 4. The smallest absolute Gasteiger partial charge is 0.354 e. The van der Waals surface area contributed by atoms with Crippen LogP contribution in [0, 0.1) is 5.82 Å². The maximum atomic E-state index is 12.8. The summed E-state index contributed by atoms with van der Waals surface area (Å²) >= 11 is 0. The summed E-state index contributed by atoms with van der Waals surface area (Å²) in [4.78, 5) is 25.0. The molecule has 0 unspecified atom stereocenters. The van der Waals surface area contributed by atoms with E-state index in [0.717, 1.165) is 12.1 Å². The lowest BCUT2D eigenvalue weighted by Gasteiger charge is -2.22. The van der Waals surface area contributed by atoms with E-state index in [-0.39, 0.29) is 31.3 Å². The van der Waals surface area contributed by atoms with Crippen LogP contribution in [0.3, 0.4) is 0 Å². The van der Waals surface area contributed by atoms with Gasteiger partial charge in [-0.2, -0.15) is 13.2 Å². The van der Waals surface area contributed by atoms with E-state index in [4.69, 9.17) is 0 Å². The molecule has 27 heavy (non-hydrogen) atoms. The van der Waals surface area contributed by atoms with Crippen LogP contribution in [0.1, 0.15) is 18.1 Å². The van der Waals surface area contributed by atoms with E-state index >= 15 is 0 Å². The van der Waals surface area contributed by atoms with Crippen molar-refractivity contribution in [1.29, 1.82) is 0 Å². The molecule has 4 nitrogen and oxygen atoms in total. The Labute approximate surface area is 153 Å². The first-order valence-electron chi connectivity index (χ1n) is 8.13. The summed E-state index contributed by atoms with van der Waals surface area (Å²) in [6.07, 6.45) is -4.39. The number of carbonyl (C=O) groups is 2. The second kappa shape index (κ2) is 8.66. The molecular weight excluding hydrogens is 364 g/mol. The lowest BCUT2D eigenvalue weighted by Crippen LogP contribution is -2.38. The number of rotatable bonds is 6. The SMILES string of the molecule is CC(=O)N(CCNC(=O)Cc1ccc(F)cc1)c1ccc(C(F)(F)F)cc1. The summed E-state index contributed by atoms with van der Waals surface area (Å²) in [5.41, 5.74) is 0.144. The van der Waals surface area contributed by atoms with E-state index < -0.39 is 17.6 Å². The van der Waals surface area contributed by atoms with E-state index in [2.05, 4.69) is 5.32 Å². The van der Waals surface area contributed by atoms with E-state index in [1.165, 1.54) is 48.2 Å². The fourth-order valence-electron chi connectivity index (χ4n) is 2.46. The summed E-state index contributed by atoms with van der Waals surface area (Å²) in [7, 11) is 0. The second-order valence-corrected chi connectivity index (χ2v) is 5.87. The zero-order valence-corrected chi connectivity index (χ0v) is 14.5. The van der Waals surface area contributed by atoms with Crippen LogP contribution in [0.4, 0.5) is 23.2 Å². The monoisotopic (exact) mass is 382 g/mol. The van der Waals surface area contributed by atoms with Crippen molar-refractivity contribution >= 4 is 17.5 Å². The minimum absolute atomic E-state index is 0.0562. The largest absolute Gasteiger partial charge is 0.416 e. The van der Waals surface area contributed by atoms with Gasteiger partial charge in [0.2, 0.25) is 11.8 Å². The number of hydrogen-bond donors (Lipinski definition) is 1. The molecule has 144 valence electrons. The Hall–Kier alpha value is -2.90. The van der Waals surface area contributed by atoms with Gasteiger partial charge in [0.1, 0.15) is 5.82 Å². The van der Waals surface area contributed by atoms with Gasteiger partial charge < -0.3 is 10.2 Å². The van der Waals surface area contributed by atoms with Gasteiger partial charge in [-0.3, -0.25) is 9.59 Å². The molecular formula is C19H18F4N2O2. The van der Waals surface area contributed by atoms with Crippen LogP contribution in [-0.2, 0) is 22.2 Å². The van der Waals surface area contributed by atoms with E-state index in [9.17, 15) is 27.2 Å². The van der Waals surface area contributed by atoms with Crippen LogP contribution in [0.5, 0.6) is 0 Å². The van der Waals surface area contributed by atoms with Crippen LogP contribution in [0.15, 0.2) is 48.5 Å². The van der Waals surface area contributed by atoms with Crippen molar-refractivity contribution in [2.45, 2.75) is 19.5 Å². The van der Waals surface area contributed by atoms with Gasteiger partial charge in [-0.1, -0.05) is 12.1 Å². The van der Waals surface area contributed by atoms with Gasteiger partial charge in [-0.15, -0.1) is 0 Å². The highest BCUT2D eigenvalue weighted by Crippen LogP contribution is 2.30. The van der Waals surface area contributed by atoms with Crippen molar-refractivity contribution in [3.05, 3.63) is 65.5 Å². The fraction of sp³-hybridized carbons (Fsp3) is 0.263. The van der Waals surface area contributed by atoms with E-state index in [1.54, 1.807) is 0 Å². The maximum Gasteiger partial charge on any atom is 0.416 e. The number of alkyl halides is 3. The number of nitrogens with one attached hydrogen (secondary N) is 1. The number of nitrogens with zero attached hydrogens (tertiary/aromatic N) is 1. The minimum Gasteiger partial charge on any atom is -0.354 e. The number of hydrogen-bond acceptors (Lipinski definition) is 2. The van der Waals surface area contributed by atoms with Gasteiger partial charge in [0, 0.05) is 25.7 Å². The van der Waals surface area contributed by atoms with Gasteiger partial charge in [-0.25, -0.2) is 4.39 Å². The number of carbonyl (C=O) groups excluding carboxylic acids is 2. The third kappa shape index (κ3) is 6.09. The van der Waals surface area contributed by atoms with Crippen molar-refractivity contribution in [2.24, 2.45) is 0 Å². The summed E-state index contributed by atoms with van der Waals surface area (Å²) in [6, 6.07) is 9.74. The van der Waals surface area contributed by atoms with Gasteiger partial charge in [0.25, 0.3) is 0 Å². The summed E-state index contributed by atoms with van der Waals surface area (Å²) in [5.74, 6) is -1.06. The average Bonchev–Trinajstić information content (AvgIpc) is 2.60. The molecule has 0 atom stereocenters. The molecule has 0 aromatic heterocycles. The molecule has 0 fully saturated rings. The van der Waals surface area contributed by atoms with Gasteiger partial charge in [-0.05, 0) is 42.0 Å². The molecule has 0 bridgehead atoms. The van der Waals surface area contributed by atoms with Gasteiger partial charge >= 0.3 is 6.18 Å². The molecule has 0 spiro atoms. The highest BCUT2D eigenvalue weighted by Gasteiger charge is 2.30. The first-order chi connectivity index (χ1) is 12.7. The molecule has 2 amide bonds. The lowest BCUT2D eigenvalue weighted by molar-refractivity contribution is -0.137.